The van der Waals surface area contributed by atoms with Gasteiger partial charge in [-0.1, -0.05) is 23.9 Å². The highest BCUT2D eigenvalue weighted by molar-refractivity contribution is 7.99. The number of benzene rings is 1. The minimum Gasteiger partial charge on any atom is -0.349 e. The summed E-state index contributed by atoms with van der Waals surface area (Å²) in [6, 6.07) is 12.1. The molecule has 0 bridgehead atoms. The van der Waals surface area contributed by atoms with E-state index in [1.54, 1.807) is 12.1 Å². The Hall–Kier alpha value is -1.33. The first-order valence-electron chi connectivity index (χ1n) is 7.06. The Kier molecular flexibility index (Phi) is 4.31. The lowest BCUT2D eigenvalue weighted by molar-refractivity contribution is 0.161. The van der Waals surface area contributed by atoms with Crippen LogP contribution in [-0.2, 0) is 13.1 Å². The molecular weight excluding hydrogens is 290 g/mol. The van der Waals surface area contributed by atoms with E-state index in [0.717, 1.165) is 19.6 Å². The highest BCUT2D eigenvalue weighted by Crippen LogP contribution is 2.28. The monoisotopic (exact) mass is 308 g/mol. The van der Waals surface area contributed by atoms with E-state index in [-0.39, 0.29) is 0 Å². The van der Waals surface area contributed by atoms with E-state index < -0.39 is 5.76 Å². The number of alkyl halides is 2. The minimum atomic E-state index is -2.36. The average Bonchev–Trinajstić information content (AvgIpc) is 2.93. The Labute approximate surface area is 127 Å². The molecule has 21 heavy (non-hydrogen) atoms. The zero-order valence-corrected chi connectivity index (χ0v) is 12.7. The molecule has 0 radical (unpaired) electrons. The summed E-state index contributed by atoms with van der Waals surface area (Å²) in [6.07, 6.45) is 2.12. The number of hydrogen-bond donors (Lipinski definition) is 0. The molecule has 0 saturated carbocycles. The van der Waals surface area contributed by atoms with Gasteiger partial charge >= 0.3 is 0 Å². The van der Waals surface area contributed by atoms with Crippen LogP contribution in [0.15, 0.2) is 47.5 Å². The van der Waals surface area contributed by atoms with Crippen molar-refractivity contribution in [2.24, 2.45) is 0 Å². The summed E-state index contributed by atoms with van der Waals surface area (Å²) < 4.78 is 26.9. The molecule has 1 unspecified atom stereocenters. The van der Waals surface area contributed by atoms with Crippen molar-refractivity contribution in [2.75, 3.05) is 6.54 Å². The van der Waals surface area contributed by atoms with Gasteiger partial charge in [0.15, 0.2) is 0 Å². The van der Waals surface area contributed by atoms with Gasteiger partial charge in [0.25, 0.3) is 5.76 Å². The van der Waals surface area contributed by atoms with Crippen LogP contribution in [0.3, 0.4) is 0 Å². The zero-order chi connectivity index (χ0) is 14.8. The smallest absolute Gasteiger partial charge is 0.288 e. The van der Waals surface area contributed by atoms with Crippen LogP contribution in [0.1, 0.15) is 24.2 Å². The Morgan fingerprint density at radius 3 is 2.67 bits per heavy atom. The van der Waals surface area contributed by atoms with Crippen LogP contribution >= 0.6 is 11.8 Å². The fraction of sp³-hybridized carbons (Fsp3) is 0.375. The third-order valence-electron chi connectivity index (χ3n) is 4.00. The standard InChI is InChI=1S/C16H18F2N2S/c1-12-15-3-2-8-19(15)9-10-20(12)11-13-4-6-14(7-5-13)21-16(17)18/h2-8,12,16H,9-11H2,1H3. The Morgan fingerprint density at radius 1 is 1.19 bits per heavy atom. The van der Waals surface area contributed by atoms with Crippen LogP contribution in [-0.4, -0.2) is 21.8 Å². The van der Waals surface area contributed by atoms with Crippen LogP contribution in [0.5, 0.6) is 0 Å². The maximum absolute atomic E-state index is 12.3. The molecule has 1 aliphatic heterocycles. The van der Waals surface area contributed by atoms with Gasteiger partial charge in [0.2, 0.25) is 0 Å². The van der Waals surface area contributed by atoms with Gasteiger partial charge in [0, 0.05) is 42.5 Å². The van der Waals surface area contributed by atoms with Gasteiger partial charge in [-0.15, -0.1) is 0 Å². The number of rotatable bonds is 4. The van der Waals surface area contributed by atoms with Gasteiger partial charge < -0.3 is 4.57 Å². The lowest BCUT2D eigenvalue weighted by Crippen LogP contribution is -2.35. The molecular formula is C16H18F2N2S. The Balaban J connectivity index is 1.67. The van der Waals surface area contributed by atoms with Crippen molar-refractivity contribution in [3.05, 3.63) is 53.9 Å². The predicted octanol–water partition coefficient (Wildman–Crippen LogP) is 4.38. The van der Waals surface area contributed by atoms with Crippen LogP contribution in [0.25, 0.3) is 0 Å². The topological polar surface area (TPSA) is 8.17 Å². The number of hydrogen-bond acceptors (Lipinski definition) is 2. The second-order valence-electron chi connectivity index (χ2n) is 5.30. The predicted molar refractivity (Wildman–Crippen MR) is 81.6 cm³/mol. The summed E-state index contributed by atoms with van der Waals surface area (Å²) in [4.78, 5) is 3.04. The maximum Gasteiger partial charge on any atom is 0.288 e. The van der Waals surface area contributed by atoms with E-state index in [1.165, 1.54) is 11.3 Å². The molecule has 2 nitrogen and oxygen atoms in total. The second kappa shape index (κ2) is 6.20. The van der Waals surface area contributed by atoms with E-state index in [9.17, 15) is 8.78 Å². The van der Waals surface area contributed by atoms with Crippen LogP contribution in [0.2, 0.25) is 0 Å². The molecule has 5 heteroatoms. The average molecular weight is 308 g/mol. The largest absolute Gasteiger partial charge is 0.349 e. The molecule has 0 fully saturated rings. The van der Waals surface area contributed by atoms with E-state index in [2.05, 4.69) is 34.7 Å². The van der Waals surface area contributed by atoms with Crippen molar-refractivity contribution >= 4 is 11.8 Å². The molecule has 0 N–H and O–H groups in total. The first-order chi connectivity index (χ1) is 10.1. The lowest BCUT2D eigenvalue weighted by Gasteiger charge is -2.34. The fourth-order valence-electron chi connectivity index (χ4n) is 2.85. The van der Waals surface area contributed by atoms with Gasteiger partial charge in [0.1, 0.15) is 0 Å². The number of nitrogens with zero attached hydrogens (tertiary/aromatic N) is 2. The third kappa shape index (κ3) is 3.30. The Bertz CT molecular complexity index is 595. The molecule has 1 atom stereocenters. The molecule has 0 aliphatic carbocycles. The van der Waals surface area contributed by atoms with Crippen LogP contribution in [0, 0.1) is 0 Å². The maximum atomic E-state index is 12.3. The van der Waals surface area contributed by atoms with Gasteiger partial charge in [-0.05, 0) is 36.8 Å². The lowest BCUT2D eigenvalue weighted by atomic mass is 10.1. The number of aromatic nitrogens is 1. The first kappa shape index (κ1) is 14.6. The molecule has 1 aliphatic rings. The summed E-state index contributed by atoms with van der Waals surface area (Å²) >= 11 is 0.595. The van der Waals surface area contributed by atoms with Crippen molar-refractivity contribution < 1.29 is 8.78 Å². The van der Waals surface area contributed by atoms with E-state index in [1.807, 2.05) is 12.1 Å². The summed E-state index contributed by atoms with van der Waals surface area (Å²) in [5, 5.41) is 0. The summed E-state index contributed by atoms with van der Waals surface area (Å²) in [5.74, 6) is -2.36. The van der Waals surface area contributed by atoms with Gasteiger partial charge in [-0.2, -0.15) is 8.78 Å². The van der Waals surface area contributed by atoms with E-state index in [4.69, 9.17) is 0 Å². The molecule has 0 spiro atoms. The van der Waals surface area contributed by atoms with Crippen molar-refractivity contribution in [3.8, 4) is 0 Å². The second-order valence-corrected chi connectivity index (χ2v) is 6.36. The first-order valence-corrected chi connectivity index (χ1v) is 7.94. The van der Waals surface area contributed by atoms with E-state index in [0.29, 0.717) is 22.7 Å². The summed E-state index contributed by atoms with van der Waals surface area (Å²) in [7, 11) is 0. The van der Waals surface area contributed by atoms with Crippen LogP contribution in [0.4, 0.5) is 8.78 Å². The SMILES string of the molecule is CC1c2cccn2CCN1Cc1ccc(SC(F)F)cc1. The van der Waals surface area contributed by atoms with Crippen molar-refractivity contribution in [3.63, 3.8) is 0 Å². The summed E-state index contributed by atoms with van der Waals surface area (Å²) in [5.41, 5.74) is 2.51. The summed E-state index contributed by atoms with van der Waals surface area (Å²) in [6.45, 7) is 5.08. The third-order valence-corrected chi connectivity index (χ3v) is 4.73. The molecule has 1 aromatic carbocycles. The molecule has 2 heterocycles. The molecule has 1 aromatic heterocycles. The van der Waals surface area contributed by atoms with Crippen LogP contribution < -0.4 is 0 Å². The Morgan fingerprint density at radius 2 is 1.95 bits per heavy atom. The molecule has 112 valence electrons. The number of halogens is 2. The minimum absolute atomic E-state index is 0.379. The van der Waals surface area contributed by atoms with Gasteiger partial charge in [0.05, 0.1) is 0 Å². The molecule has 0 amide bonds. The van der Waals surface area contributed by atoms with Crippen molar-refractivity contribution in [2.45, 2.75) is 36.7 Å². The highest BCUT2D eigenvalue weighted by atomic mass is 32.2. The van der Waals surface area contributed by atoms with E-state index >= 15 is 0 Å². The molecule has 2 aromatic rings. The highest BCUT2D eigenvalue weighted by Gasteiger charge is 2.23. The molecule has 0 saturated heterocycles. The fourth-order valence-corrected chi connectivity index (χ4v) is 3.35. The van der Waals surface area contributed by atoms with Gasteiger partial charge in [-0.3, -0.25) is 4.90 Å². The number of thioether (sulfide) groups is 1. The number of fused-ring (bicyclic) bond motifs is 1. The van der Waals surface area contributed by atoms with Gasteiger partial charge in [-0.25, -0.2) is 0 Å². The quantitative estimate of drug-likeness (QED) is 0.775. The molecule has 3 rings (SSSR count). The van der Waals surface area contributed by atoms with Crippen molar-refractivity contribution in [1.82, 2.24) is 9.47 Å². The normalized spacial score (nSPS) is 19.0. The zero-order valence-electron chi connectivity index (χ0n) is 11.9. The van der Waals surface area contributed by atoms with Crippen molar-refractivity contribution in [1.29, 1.82) is 0 Å².